The number of amides is 1. The average Bonchev–Trinajstić information content (AvgIpc) is 2.77. The van der Waals surface area contributed by atoms with Crippen molar-refractivity contribution in [3.8, 4) is 11.1 Å². The number of hydrogen-bond donors (Lipinski definition) is 2. The summed E-state index contributed by atoms with van der Waals surface area (Å²) < 4.78 is 34.5. The molecule has 1 aliphatic carbocycles. The molecule has 2 aromatic carbocycles. The van der Waals surface area contributed by atoms with Crippen LogP contribution in [-0.4, -0.2) is 36.1 Å². The van der Waals surface area contributed by atoms with Gasteiger partial charge in [0.2, 0.25) is 4.87 Å². The van der Waals surface area contributed by atoms with Crippen molar-refractivity contribution in [1.29, 1.82) is 0 Å². The fourth-order valence-electron chi connectivity index (χ4n) is 3.12. The summed E-state index contributed by atoms with van der Waals surface area (Å²) in [6, 6.07) is 13.1. The van der Waals surface area contributed by atoms with Gasteiger partial charge in [-0.05, 0) is 11.1 Å². The molecule has 7 heteroatoms. The monoisotopic (exact) mass is 319 g/mol. The molecule has 0 aliphatic heterocycles. The maximum Gasteiger partial charge on any atom is 0.408 e. The summed E-state index contributed by atoms with van der Waals surface area (Å²) in [5, 5.41) is 9.37. The van der Waals surface area contributed by atoms with E-state index in [0.717, 1.165) is 7.05 Å². The van der Waals surface area contributed by atoms with Gasteiger partial charge in [0.25, 0.3) is 10.1 Å². The molecule has 0 aromatic heterocycles. The highest BCUT2D eigenvalue weighted by Crippen LogP contribution is 2.52. The molecule has 0 heterocycles. The molecule has 114 valence electrons. The highest BCUT2D eigenvalue weighted by atomic mass is 32.2. The number of carbonyl (C=O) groups is 1. The van der Waals surface area contributed by atoms with Crippen LogP contribution in [0, 0.1) is 0 Å². The van der Waals surface area contributed by atoms with Gasteiger partial charge in [-0.1, -0.05) is 48.5 Å². The fourth-order valence-corrected chi connectivity index (χ4v) is 4.46. The lowest BCUT2D eigenvalue weighted by Crippen LogP contribution is -2.51. The predicted molar refractivity (Wildman–Crippen MR) is 80.0 cm³/mol. The maximum absolute atomic E-state index is 12.3. The van der Waals surface area contributed by atoms with Crippen molar-refractivity contribution in [2.75, 3.05) is 7.05 Å². The average molecular weight is 319 g/mol. The summed E-state index contributed by atoms with van der Waals surface area (Å²) in [6.07, 6.45) is -1.45. The second-order valence-electron chi connectivity index (χ2n) is 5.05. The number of hydrogen-bond acceptors (Lipinski definition) is 3. The van der Waals surface area contributed by atoms with Crippen molar-refractivity contribution in [2.45, 2.75) is 4.87 Å². The van der Waals surface area contributed by atoms with Crippen molar-refractivity contribution < 1.29 is 22.9 Å². The SMILES string of the molecule is CN(C(=O)O)C1(S(=O)(=O)O)c2ccccc2-c2ccccc21. The van der Waals surface area contributed by atoms with Gasteiger partial charge in [-0.25, -0.2) is 4.79 Å². The summed E-state index contributed by atoms with van der Waals surface area (Å²) in [5.41, 5.74) is 1.62. The summed E-state index contributed by atoms with van der Waals surface area (Å²) >= 11 is 0. The zero-order valence-electron chi connectivity index (χ0n) is 11.6. The third kappa shape index (κ3) is 1.63. The van der Waals surface area contributed by atoms with Crippen molar-refractivity contribution in [3.63, 3.8) is 0 Å². The molecule has 2 N–H and O–H groups in total. The molecule has 0 bridgehead atoms. The Bertz CT molecular complexity index is 830. The Morgan fingerprint density at radius 2 is 1.41 bits per heavy atom. The molecule has 6 nitrogen and oxygen atoms in total. The number of nitrogens with zero attached hydrogens (tertiary/aromatic N) is 1. The zero-order chi connectivity index (χ0) is 16.1. The highest BCUT2D eigenvalue weighted by molar-refractivity contribution is 7.87. The van der Waals surface area contributed by atoms with E-state index in [0.29, 0.717) is 16.0 Å². The Kier molecular flexibility index (Phi) is 3.01. The molecular formula is C15H13NO5S. The fraction of sp³-hybridized carbons (Fsp3) is 0.133. The number of rotatable bonds is 2. The van der Waals surface area contributed by atoms with Gasteiger partial charge >= 0.3 is 6.09 Å². The van der Waals surface area contributed by atoms with E-state index >= 15 is 0 Å². The van der Waals surface area contributed by atoms with Gasteiger partial charge in [0.15, 0.2) is 0 Å². The lowest BCUT2D eigenvalue weighted by molar-refractivity contribution is 0.133. The predicted octanol–water partition coefficient (Wildman–Crippen LogP) is 2.37. The standard InChI is InChI=1S/C15H13NO5S/c1-16(14(17)18)15(22(19,20)21)12-8-4-2-6-10(12)11-7-3-5-9-13(11)15/h2-9H,1H3,(H,17,18)(H,19,20,21). The lowest BCUT2D eigenvalue weighted by atomic mass is 10.0. The van der Waals surface area contributed by atoms with Crippen molar-refractivity contribution >= 4 is 16.2 Å². The van der Waals surface area contributed by atoms with Crippen LogP contribution in [0.25, 0.3) is 11.1 Å². The summed E-state index contributed by atoms with van der Waals surface area (Å²) in [5.74, 6) is 0. The van der Waals surface area contributed by atoms with E-state index in [4.69, 9.17) is 0 Å². The zero-order valence-corrected chi connectivity index (χ0v) is 12.4. The minimum absolute atomic E-state index is 0.226. The Morgan fingerprint density at radius 1 is 1.00 bits per heavy atom. The molecule has 0 saturated heterocycles. The van der Waals surface area contributed by atoms with Crippen LogP contribution in [0.1, 0.15) is 11.1 Å². The summed E-state index contributed by atoms with van der Waals surface area (Å²) in [6.45, 7) is 0. The van der Waals surface area contributed by atoms with Crippen LogP contribution in [0.3, 0.4) is 0 Å². The van der Waals surface area contributed by atoms with Crippen LogP contribution in [0.2, 0.25) is 0 Å². The molecule has 0 fully saturated rings. The smallest absolute Gasteiger partial charge is 0.408 e. The molecule has 1 aliphatic rings. The molecular weight excluding hydrogens is 306 g/mol. The Morgan fingerprint density at radius 3 is 1.77 bits per heavy atom. The molecule has 1 amide bonds. The maximum atomic E-state index is 12.3. The first-order chi connectivity index (χ1) is 10.3. The van der Waals surface area contributed by atoms with Crippen molar-refractivity contribution in [2.24, 2.45) is 0 Å². The number of benzene rings is 2. The summed E-state index contributed by atoms with van der Waals surface area (Å²) in [4.78, 5) is 9.98. The van der Waals surface area contributed by atoms with Crippen LogP contribution in [-0.2, 0) is 15.0 Å². The van der Waals surface area contributed by atoms with Crippen LogP contribution in [0.15, 0.2) is 48.5 Å². The van der Waals surface area contributed by atoms with Crippen LogP contribution >= 0.6 is 0 Å². The van der Waals surface area contributed by atoms with E-state index in [-0.39, 0.29) is 11.1 Å². The summed E-state index contributed by atoms with van der Waals surface area (Å²) in [7, 11) is -3.66. The Hall–Kier alpha value is -2.38. The van der Waals surface area contributed by atoms with Gasteiger partial charge in [-0.2, -0.15) is 8.42 Å². The second kappa shape index (κ2) is 4.56. The lowest BCUT2D eigenvalue weighted by Gasteiger charge is -2.35. The van der Waals surface area contributed by atoms with E-state index in [1.165, 1.54) is 12.1 Å². The Balaban J connectivity index is 2.53. The van der Waals surface area contributed by atoms with Crippen LogP contribution in [0.4, 0.5) is 4.79 Å². The molecule has 3 rings (SSSR count). The van der Waals surface area contributed by atoms with Gasteiger partial charge in [-0.3, -0.25) is 9.45 Å². The van der Waals surface area contributed by atoms with Crippen molar-refractivity contribution in [1.82, 2.24) is 4.90 Å². The Labute approximate surface area is 127 Å². The molecule has 22 heavy (non-hydrogen) atoms. The number of fused-ring (bicyclic) bond motifs is 3. The van der Waals surface area contributed by atoms with E-state index in [1.807, 2.05) is 0 Å². The quantitative estimate of drug-likeness (QED) is 0.829. The topological polar surface area (TPSA) is 94.9 Å². The number of carboxylic acid groups (broad SMARTS) is 1. The van der Waals surface area contributed by atoms with Gasteiger partial charge < -0.3 is 5.11 Å². The molecule has 0 spiro atoms. The first kappa shape index (κ1) is 14.6. The minimum Gasteiger partial charge on any atom is -0.465 e. The van der Waals surface area contributed by atoms with E-state index in [2.05, 4.69) is 0 Å². The van der Waals surface area contributed by atoms with Gasteiger partial charge in [0.05, 0.1) is 0 Å². The van der Waals surface area contributed by atoms with Gasteiger partial charge in [0.1, 0.15) is 0 Å². The van der Waals surface area contributed by atoms with E-state index < -0.39 is 21.1 Å². The third-order valence-electron chi connectivity index (χ3n) is 4.01. The third-order valence-corrected chi connectivity index (χ3v) is 5.47. The van der Waals surface area contributed by atoms with Gasteiger partial charge in [0, 0.05) is 18.2 Å². The highest BCUT2D eigenvalue weighted by Gasteiger charge is 2.57. The van der Waals surface area contributed by atoms with Gasteiger partial charge in [-0.15, -0.1) is 0 Å². The molecule has 0 radical (unpaired) electrons. The van der Waals surface area contributed by atoms with Crippen LogP contribution in [0.5, 0.6) is 0 Å². The van der Waals surface area contributed by atoms with Crippen LogP contribution < -0.4 is 0 Å². The molecule has 0 atom stereocenters. The molecule has 0 unspecified atom stereocenters. The first-order valence-electron chi connectivity index (χ1n) is 6.45. The normalized spacial score (nSPS) is 15.0. The molecule has 2 aromatic rings. The molecule has 0 saturated carbocycles. The second-order valence-corrected chi connectivity index (χ2v) is 6.59. The largest absolute Gasteiger partial charge is 0.465 e. The minimum atomic E-state index is -4.79. The van der Waals surface area contributed by atoms with E-state index in [9.17, 15) is 22.9 Å². The van der Waals surface area contributed by atoms with Crippen molar-refractivity contribution in [3.05, 3.63) is 59.7 Å². The first-order valence-corrected chi connectivity index (χ1v) is 7.89. The van der Waals surface area contributed by atoms with E-state index in [1.54, 1.807) is 36.4 Å².